The summed E-state index contributed by atoms with van der Waals surface area (Å²) in [7, 11) is 0. The smallest absolute Gasteiger partial charge is 0.222 e. The van der Waals surface area contributed by atoms with Gasteiger partial charge in [0.15, 0.2) is 0 Å². The molecule has 156 valence electrons. The molecular weight excluding hydrogens is 350 g/mol. The molecule has 0 aromatic rings. The van der Waals surface area contributed by atoms with Gasteiger partial charge in [0, 0.05) is 25.9 Å². The first-order valence-corrected chi connectivity index (χ1v) is 10.6. The molecule has 2 N–H and O–H groups in total. The van der Waals surface area contributed by atoms with E-state index in [2.05, 4.69) is 47.8 Å². The van der Waals surface area contributed by atoms with Crippen molar-refractivity contribution in [1.29, 1.82) is 0 Å². The van der Waals surface area contributed by atoms with Gasteiger partial charge >= 0.3 is 0 Å². The largest absolute Gasteiger partial charge is 0.377 e. The fourth-order valence-electron chi connectivity index (χ4n) is 2.38. The summed E-state index contributed by atoms with van der Waals surface area (Å²) in [5.74, 6) is 18.1. The first-order valence-electron chi connectivity index (χ1n) is 10.6. The van der Waals surface area contributed by atoms with E-state index in [9.17, 15) is 9.90 Å². The number of ether oxygens (including phenoxy) is 1. The van der Waals surface area contributed by atoms with Gasteiger partial charge in [-0.3, -0.25) is 4.79 Å². The monoisotopic (exact) mass is 387 g/mol. The molecule has 0 aromatic heterocycles. The molecule has 1 unspecified atom stereocenters. The minimum absolute atomic E-state index is 0.115. The summed E-state index contributed by atoms with van der Waals surface area (Å²) in [5, 5.41) is 12.0. The lowest BCUT2D eigenvalue weighted by atomic mass is 10.1. The van der Waals surface area contributed by atoms with Gasteiger partial charge in [-0.15, -0.1) is 11.8 Å². The van der Waals surface area contributed by atoms with Crippen LogP contribution >= 0.6 is 0 Å². The molecule has 0 aliphatic carbocycles. The number of aliphatic hydroxyl groups excluding tert-OH is 1. The molecule has 4 nitrogen and oxygen atoms in total. The van der Waals surface area contributed by atoms with Crippen molar-refractivity contribution in [3.63, 3.8) is 0 Å². The maximum atomic E-state index is 11.6. The molecule has 0 bridgehead atoms. The van der Waals surface area contributed by atoms with Crippen LogP contribution in [0.2, 0.25) is 0 Å². The summed E-state index contributed by atoms with van der Waals surface area (Å²) in [6, 6.07) is 0. The van der Waals surface area contributed by atoms with E-state index in [1.807, 2.05) is 6.92 Å². The Labute approximate surface area is 172 Å². The van der Waals surface area contributed by atoms with E-state index in [-0.39, 0.29) is 12.5 Å². The quantitative estimate of drug-likeness (QED) is 0.283. The van der Waals surface area contributed by atoms with Crippen LogP contribution in [-0.2, 0) is 9.53 Å². The predicted molar refractivity (Wildman–Crippen MR) is 115 cm³/mol. The third-order valence-electron chi connectivity index (χ3n) is 3.90. The lowest BCUT2D eigenvalue weighted by Gasteiger charge is -2.12. The molecule has 1 amide bonds. The van der Waals surface area contributed by atoms with Crippen molar-refractivity contribution in [2.24, 2.45) is 0 Å². The fourth-order valence-corrected chi connectivity index (χ4v) is 2.38. The molecule has 0 rings (SSSR count). The van der Waals surface area contributed by atoms with Gasteiger partial charge in [-0.05, 0) is 19.8 Å². The van der Waals surface area contributed by atoms with Gasteiger partial charge in [0.25, 0.3) is 0 Å². The Morgan fingerprint density at radius 2 is 1.43 bits per heavy atom. The number of nitrogens with one attached hydrogen (secondary N) is 1. The fraction of sp³-hybridized carbons (Fsp3) is 0.708. The maximum absolute atomic E-state index is 11.6. The van der Waals surface area contributed by atoms with Crippen LogP contribution in [0.25, 0.3) is 0 Å². The molecule has 1 atom stereocenters. The van der Waals surface area contributed by atoms with E-state index in [0.29, 0.717) is 38.7 Å². The van der Waals surface area contributed by atoms with Crippen LogP contribution in [0.1, 0.15) is 90.9 Å². The van der Waals surface area contributed by atoms with Crippen LogP contribution in [-0.4, -0.2) is 30.5 Å². The van der Waals surface area contributed by atoms with Crippen LogP contribution in [0.15, 0.2) is 0 Å². The Balaban J connectivity index is 3.58. The molecular formula is C24H37NO3. The van der Waals surface area contributed by atoms with Crippen molar-refractivity contribution in [3.05, 3.63) is 0 Å². The van der Waals surface area contributed by atoms with E-state index in [1.165, 1.54) is 38.5 Å². The number of carbonyl (C=O) groups is 1. The standard InChI is InChI=1S/C24H37NO3/c1-3-5-6-7-8-9-10-11-12-13-14-15-16-17-18-19-20-21-23(26)25-24(27)22-28-4-2/h24,27H,3-10,13,16,19-22H2,1-2H3,(H,25,26). The van der Waals surface area contributed by atoms with Crippen LogP contribution in [0.5, 0.6) is 0 Å². The number of amides is 1. The highest BCUT2D eigenvalue weighted by atomic mass is 16.5. The van der Waals surface area contributed by atoms with E-state index in [0.717, 1.165) is 6.42 Å². The predicted octanol–water partition coefficient (Wildman–Crippen LogP) is 4.17. The molecule has 4 heteroatoms. The Bertz CT molecular complexity index is 566. The number of carbonyl (C=O) groups excluding carboxylic acids is 1. The molecule has 0 saturated heterocycles. The topological polar surface area (TPSA) is 58.6 Å². The summed E-state index contributed by atoms with van der Waals surface area (Å²) < 4.78 is 5.03. The van der Waals surface area contributed by atoms with Gasteiger partial charge in [0.1, 0.15) is 6.23 Å². The second kappa shape index (κ2) is 21.4. The van der Waals surface area contributed by atoms with Crippen molar-refractivity contribution in [2.45, 2.75) is 97.1 Å². The molecule has 0 aliphatic rings. The van der Waals surface area contributed by atoms with E-state index >= 15 is 0 Å². The van der Waals surface area contributed by atoms with Crippen LogP contribution < -0.4 is 5.32 Å². The molecule has 0 aromatic carbocycles. The van der Waals surface area contributed by atoms with Crippen LogP contribution in [0, 0.1) is 35.5 Å². The summed E-state index contributed by atoms with van der Waals surface area (Å²) in [4.78, 5) is 11.6. The Kier molecular flexibility index (Phi) is 19.9. The van der Waals surface area contributed by atoms with Gasteiger partial charge in [0.2, 0.25) is 5.91 Å². The average Bonchev–Trinajstić information content (AvgIpc) is 2.68. The third kappa shape index (κ3) is 20.4. The van der Waals surface area contributed by atoms with Gasteiger partial charge in [-0.2, -0.15) is 0 Å². The molecule has 0 heterocycles. The lowest BCUT2D eigenvalue weighted by Crippen LogP contribution is -2.37. The average molecular weight is 388 g/mol. The Hall–Kier alpha value is -1.93. The SMILES string of the molecule is CCCCCCCCC#CCC#CCC#CCCCC(=O)NC(O)COCC. The third-order valence-corrected chi connectivity index (χ3v) is 3.90. The normalized spacial score (nSPS) is 10.5. The van der Waals surface area contributed by atoms with E-state index in [4.69, 9.17) is 4.74 Å². The highest BCUT2D eigenvalue weighted by molar-refractivity contribution is 5.76. The Morgan fingerprint density at radius 3 is 2.07 bits per heavy atom. The van der Waals surface area contributed by atoms with Crippen LogP contribution in [0.3, 0.4) is 0 Å². The molecule has 0 aliphatic heterocycles. The minimum atomic E-state index is -0.942. The van der Waals surface area contributed by atoms with Gasteiger partial charge in [0.05, 0.1) is 19.4 Å². The first-order chi connectivity index (χ1) is 13.7. The number of hydrogen-bond donors (Lipinski definition) is 2. The summed E-state index contributed by atoms with van der Waals surface area (Å²) in [6.45, 7) is 4.70. The zero-order valence-corrected chi connectivity index (χ0v) is 17.7. The molecule has 0 radical (unpaired) electrons. The van der Waals surface area contributed by atoms with Crippen molar-refractivity contribution < 1.29 is 14.6 Å². The molecule has 0 saturated carbocycles. The van der Waals surface area contributed by atoms with E-state index < -0.39 is 6.23 Å². The lowest BCUT2D eigenvalue weighted by molar-refractivity contribution is -0.125. The number of unbranched alkanes of at least 4 members (excludes halogenated alkanes) is 7. The van der Waals surface area contributed by atoms with Crippen molar-refractivity contribution in [3.8, 4) is 35.5 Å². The molecule has 0 spiro atoms. The van der Waals surface area contributed by atoms with Crippen LogP contribution in [0.4, 0.5) is 0 Å². The highest BCUT2D eigenvalue weighted by Crippen LogP contribution is 2.06. The van der Waals surface area contributed by atoms with Gasteiger partial charge in [-0.25, -0.2) is 0 Å². The van der Waals surface area contributed by atoms with Crippen molar-refractivity contribution in [1.82, 2.24) is 5.32 Å². The number of hydrogen-bond acceptors (Lipinski definition) is 3. The number of rotatable bonds is 13. The molecule has 28 heavy (non-hydrogen) atoms. The van der Waals surface area contributed by atoms with E-state index in [1.54, 1.807) is 0 Å². The second-order valence-electron chi connectivity index (χ2n) is 6.53. The zero-order chi connectivity index (χ0) is 20.7. The highest BCUT2D eigenvalue weighted by Gasteiger charge is 2.07. The van der Waals surface area contributed by atoms with Crippen molar-refractivity contribution in [2.75, 3.05) is 13.2 Å². The maximum Gasteiger partial charge on any atom is 0.222 e. The first kappa shape index (κ1) is 26.1. The number of aliphatic hydroxyl groups is 1. The second-order valence-corrected chi connectivity index (χ2v) is 6.53. The summed E-state index contributed by atoms with van der Waals surface area (Å²) >= 11 is 0. The minimum Gasteiger partial charge on any atom is -0.377 e. The zero-order valence-electron chi connectivity index (χ0n) is 17.7. The molecule has 0 fully saturated rings. The Morgan fingerprint density at radius 1 is 0.857 bits per heavy atom. The van der Waals surface area contributed by atoms with Crippen molar-refractivity contribution >= 4 is 5.91 Å². The summed E-state index contributed by atoms with van der Waals surface area (Å²) in [6.07, 6.45) is 10.6. The van der Waals surface area contributed by atoms with Gasteiger partial charge in [-0.1, -0.05) is 62.7 Å². The summed E-state index contributed by atoms with van der Waals surface area (Å²) in [5.41, 5.74) is 0. The van der Waals surface area contributed by atoms with Gasteiger partial charge < -0.3 is 15.2 Å².